The Morgan fingerprint density at radius 2 is 2.25 bits per heavy atom. The van der Waals surface area contributed by atoms with Crippen LogP contribution in [0, 0.1) is 11.8 Å². The van der Waals surface area contributed by atoms with Crippen LogP contribution in [0.5, 0.6) is 5.75 Å². The third-order valence-corrected chi connectivity index (χ3v) is 4.82. The summed E-state index contributed by atoms with van der Waals surface area (Å²) < 4.78 is 5.29. The second-order valence-electron chi connectivity index (χ2n) is 5.62. The van der Waals surface area contributed by atoms with E-state index in [4.69, 9.17) is 16.3 Å². The van der Waals surface area contributed by atoms with Crippen LogP contribution in [0.15, 0.2) is 18.2 Å². The van der Waals surface area contributed by atoms with Crippen molar-refractivity contribution < 1.29 is 9.53 Å². The maximum absolute atomic E-state index is 12.8. The van der Waals surface area contributed by atoms with Crippen molar-refractivity contribution in [3.63, 3.8) is 0 Å². The number of hydrogen-bond acceptors (Lipinski definition) is 3. The molecule has 2 aliphatic heterocycles. The van der Waals surface area contributed by atoms with Crippen molar-refractivity contribution >= 4 is 17.5 Å². The highest BCUT2D eigenvalue weighted by molar-refractivity contribution is 6.31. The van der Waals surface area contributed by atoms with Gasteiger partial charge in [-0.3, -0.25) is 4.79 Å². The fraction of sp³-hybridized carbons (Fsp3) is 0.533. The molecule has 1 aromatic carbocycles. The normalized spacial score (nSPS) is 28.6. The molecule has 3 rings (SSSR count). The van der Waals surface area contributed by atoms with Crippen molar-refractivity contribution in [3.05, 3.63) is 28.8 Å². The van der Waals surface area contributed by atoms with Gasteiger partial charge in [0.2, 0.25) is 0 Å². The van der Waals surface area contributed by atoms with E-state index in [-0.39, 0.29) is 11.9 Å². The fourth-order valence-electron chi connectivity index (χ4n) is 3.44. The van der Waals surface area contributed by atoms with E-state index in [1.165, 1.54) is 0 Å². The fourth-order valence-corrected chi connectivity index (χ4v) is 3.61. The summed E-state index contributed by atoms with van der Waals surface area (Å²) >= 11 is 6.02. The van der Waals surface area contributed by atoms with E-state index in [1.807, 2.05) is 4.90 Å². The summed E-state index contributed by atoms with van der Waals surface area (Å²) in [7, 11) is 1.58. The molecule has 4 nitrogen and oxygen atoms in total. The van der Waals surface area contributed by atoms with Crippen LogP contribution in [0.1, 0.15) is 17.3 Å². The van der Waals surface area contributed by atoms with Crippen LogP contribution in [-0.4, -0.2) is 43.6 Å². The van der Waals surface area contributed by atoms with Gasteiger partial charge in [0.15, 0.2) is 0 Å². The van der Waals surface area contributed by atoms with Crippen LogP contribution < -0.4 is 10.1 Å². The summed E-state index contributed by atoms with van der Waals surface area (Å²) in [4.78, 5) is 14.7. The summed E-state index contributed by atoms with van der Waals surface area (Å²) in [5.41, 5.74) is 0.555. The molecule has 0 aliphatic carbocycles. The average Bonchev–Trinajstić information content (AvgIpc) is 3.01. The average molecular weight is 295 g/mol. The molecule has 5 heteroatoms. The molecule has 3 atom stereocenters. The van der Waals surface area contributed by atoms with Gasteiger partial charge in [-0.15, -0.1) is 0 Å². The SMILES string of the molecule is COc1ccc(Cl)cc1C(=O)N1CC2CNCC2C1C. The first-order valence-electron chi connectivity index (χ1n) is 6.97. The molecule has 3 unspecified atom stereocenters. The Labute approximate surface area is 124 Å². The molecule has 2 aliphatic rings. The molecular formula is C15H19ClN2O2. The van der Waals surface area contributed by atoms with Crippen molar-refractivity contribution in [3.8, 4) is 5.75 Å². The zero-order valence-electron chi connectivity index (χ0n) is 11.7. The summed E-state index contributed by atoms with van der Waals surface area (Å²) in [6.07, 6.45) is 0. The Kier molecular flexibility index (Phi) is 3.61. The molecule has 2 fully saturated rings. The number of ether oxygens (including phenoxy) is 1. The molecular weight excluding hydrogens is 276 g/mol. The van der Waals surface area contributed by atoms with Crippen LogP contribution >= 0.6 is 11.6 Å². The monoisotopic (exact) mass is 294 g/mol. The molecule has 1 N–H and O–H groups in total. The predicted octanol–water partition coefficient (Wildman–Crippen LogP) is 2.03. The lowest BCUT2D eigenvalue weighted by atomic mass is 9.95. The number of fused-ring (bicyclic) bond motifs is 1. The van der Waals surface area contributed by atoms with Gasteiger partial charge in [-0.1, -0.05) is 11.6 Å². The third kappa shape index (κ3) is 2.17. The predicted molar refractivity (Wildman–Crippen MR) is 78.4 cm³/mol. The minimum absolute atomic E-state index is 0.0197. The Morgan fingerprint density at radius 3 is 2.95 bits per heavy atom. The van der Waals surface area contributed by atoms with Crippen molar-refractivity contribution in [1.29, 1.82) is 0 Å². The van der Waals surface area contributed by atoms with Crippen molar-refractivity contribution in [1.82, 2.24) is 10.2 Å². The van der Waals surface area contributed by atoms with Gasteiger partial charge >= 0.3 is 0 Å². The number of likely N-dealkylation sites (tertiary alicyclic amines) is 1. The molecule has 0 bridgehead atoms. The number of benzene rings is 1. The zero-order chi connectivity index (χ0) is 14.3. The van der Waals surface area contributed by atoms with Crippen molar-refractivity contribution in [2.75, 3.05) is 26.7 Å². The molecule has 1 aromatic rings. The van der Waals surface area contributed by atoms with Gasteiger partial charge in [0.25, 0.3) is 5.91 Å². The molecule has 1 amide bonds. The Balaban J connectivity index is 1.88. The first-order valence-corrected chi connectivity index (χ1v) is 7.35. The molecule has 0 spiro atoms. The number of nitrogens with one attached hydrogen (secondary N) is 1. The quantitative estimate of drug-likeness (QED) is 0.907. The van der Waals surface area contributed by atoms with E-state index in [0.717, 1.165) is 19.6 Å². The maximum atomic E-state index is 12.8. The molecule has 0 saturated carbocycles. The Bertz CT molecular complexity index is 535. The van der Waals surface area contributed by atoms with E-state index >= 15 is 0 Å². The highest BCUT2D eigenvalue weighted by atomic mass is 35.5. The molecule has 2 heterocycles. The van der Waals surface area contributed by atoms with E-state index in [0.29, 0.717) is 28.2 Å². The molecule has 0 aromatic heterocycles. The van der Waals surface area contributed by atoms with Gasteiger partial charge < -0.3 is 15.0 Å². The van der Waals surface area contributed by atoms with Gasteiger partial charge in [-0.05, 0) is 37.0 Å². The van der Waals surface area contributed by atoms with Crippen molar-refractivity contribution in [2.24, 2.45) is 11.8 Å². The lowest BCUT2D eigenvalue weighted by molar-refractivity contribution is 0.0725. The number of hydrogen-bond donors (Lipinski definition) is 1. The second-order valence-corrected chi connectivity index (χ2v) is 6.06. The van der Waals surface area contributed by atoms with Gasteiger partial charge in [0, 0.05) is 30.7 Å². The van der Waals surface area contributed by atoms with Crippen molar-refractivity contribution in [2.45, 2.75) is 13.0 Å². The van der Waals surface area contributed by atoms with Crippen LogP contribution in [0.4, 0.5) is 0 Å². The number of carbonyl (C=O) groups excluding carboxylic acids is 1. The number of nitrogens with zero attached hydrogens (tertiary/aromatic N) is 1. The Hall–Kier alpha value is -1.26. The zero-order valence-corrected chi connectivity index (χ0v) is 12.5. The molecule has 108 valence electrons. The summed E-state index contributed by atoms with van der Waals surface area (Å²) in [6.45, 7) is 4.95. The summed E-state index contributed by atoms with van der Waals surface area (Å²) in [5.74, 6) is 1.73. The summed E-state index contributed by atoms with van der Waals surface area (Å²) in [5, 5.41) is 3.96. The highest BCUT2D eigenvalue weighted by Gasteiger charge is 2.44. The van der Waals surface area contributed by atoms with Gasteiger partial charge in [-0.2, -0.15) is 0 Å². The number of amides is 1. The van der Waals surface area contributed by atoms with Crippen LogP contribution in [-0.2, 0) is 0 Å². The van der Waals surface area contributed by atoms with E-state index in [2.05, 4.69) is 12.2 Å². The van der Waals surface area contributed by atoms with Gasteiger partial charge in [-0.25, -0.2) is 0 Å². The van der Waals surface area contributed by atoms with Gasteiger partial charge in [0.05, 0.1) is 12.7 Å². The van der Waals surface area contributed by atoms with Gasteiger partial charge in [0.1, 0.15) is 5.75 Å². The minimum atomic E-state index is 0.0197. The maximum Gasteiger partial charge on any atom is 0.257 e. The molecule has 2 saturated heterocycles. The molecule has 0 radical (unpaired) electrons. The van der Waals surface area contributed by atoms with E-state index in [9.17, 15) is 4.79 Å². The molecule has 20 heavy (non-hydrogen) atoms. The van der Waals surface area contributed by atoms with Crippen LogP contribution in [0.3, 0.4) is 0 Å². The smallest absolute Gasteiger partial charge is 0.257 e. The lowest BCUT2D eigenvalue weighted by Gasteiger charge is -2.25. The first-order chi connectivity index (χ1) is 9.61. The lowest BCUT2D eigenvalue weighted by Crippen LogP contribution is -2.38. The van der Waals surface area contributed by atoms with E-state index < -0.39 is 0 Å². The van der Waals surface area contributed by atoms with Crippen LogP contribution in [0.25, 0.3) is 0 Å². The first kappa shape index (κ1) is 13.7. The number of carbonyl (C=O) groups is 1. The second kappa shape index (κ2) is 5.26. The third-order valence-electron chi connectivity index (χ3n) is 4.59. The van der Waals surface area contributed by atoms with E-state index in [1.54, 1.807) is 25.3 Å². The topological polar surface area (TPSA) is 41.6 Å². The highest BCUT2D eigenvalue weighted by Crippen LogP contribution is 2.34. The number of halogens is 1. The van der Waals surface area contributed by atoms with Crippen LogP contribution in [0.2, 0.25) is 5.02 Å². The number of rotatable bonds is 2. The number of methoxy groups -OCH3 is 1. The largest absolute Gasteiger partial charge is 0.496 e. The summed E-state index contributed by atoms with van der Waals surface area (Å²) in [6, 6.07) is 5.44. The Morgan fingerprint density at radius 1 is 1.45 bits per heavy atom. The standard InChI is InChI=1S/C15H19ClN2O2/c1-9-13-7-17-6-10(13)8-18(9)15(19)12-5-11(16)3-4-14(12)20-2/h3-5,9-10,13,17H,6-8H2,1-2H3. The minimum Gasteiger partial charge on any atom is -0.496 e.